The van der Waals surface area contributed by atoms with Gasteiger partial charge in [0, 0.05) is 18.3 Å². The number of halogens is 2. The topological polar surface area (TPSA) is 230 Å². The molecular weight excluding hydrogens is 762 g/mol. The van der Waals surface area contributed by atoms with Gasteiger partial charge in [-0.3, -0.25) is 18.3 Å². The second-order valence-electron chi connectivity index (χ2n) is 7.56. The summed E-state index contributed by atoms with van der Waals surface area (Å²) in [6.07, 6.45) is -1.58. The van der Waals surface area contributed by atoms with E-state index >= 15 is 0 Å². The summed E-state index contributed by atoms with van der Waals surface area (Å²) >= 11 is 3.16. The van der Waals surface area contributed by atoms with Crippen LogP contribution in [0, 0.1) is 7.14 Å². The molecule has 0 saturated heterocycles. The molecule has 1 aromatic carbocycles. The monoisotopic (exact) mass is 790 g/mol. The van der Waals surface area contributed by atoms with Crippen molar-refractivity contribution in [2.24, 2.45) is 0 Å². The van der Waals surface area contributed by atoms with Crippen molar-refractivity contribution in [2.45, 2.75) is 63.2 Å². The molecule has 0 aliphatic heterocycles. The molecule has 0 aliphatic rings. The molecule has 0 heterocycles. The molecule has 18 heteroatoms. The van der Waals surface area contributed by atoms with Crippen molar-refractivity contribution in [3.8, 4) is 0 Å². The first-order valence-corrected chi connectivity index (χ1v) is 18.5. The number of benzene rings is 1. The Labute approximate surface area is 224 Å². The lowest BCUT2D eigenvalue weighted by molar-refractivity contribution is 0.298. The van der Waals surface area contributed by atoms with E-state index in [0.717, 1.165) is 0 Å². The van der Waals surface area contributed by atoms with Crippen molar-refractivity contribution in [3.63, 3.8) is 0 Å². The molecule has 0 fully saturated rings. The smallest absolute Gasteiger partial charge is 0.323 e. The second-order valence-corrected chi connectivity index (χ2v) is 17.8. The van der Waals surface area contributed by atoms with Crippen LogP contribution in [0.2, 0.25) is 0 Å². The highest BCUT2D eigenvalue weighted by molar-refractivity contribution is 14.1. The molecule has 0 amide bonds. The Balaban J connectivity index is 4.71. The highest BCUT2D eigenvalue weighted by Crippen LogP contribution is 2.79. The van der Waals surface area contributed by atoms with E-state index in [2.05, 4.69) is 0 Å². The van der Waals surface area contributed by atoms with Crippen LogP contribution in [0.1, 0.15) is 62.8 Å². The molecule has 198 valence electrons. The van der Waals surface area contributed by atoms with Gasteiger partial charge in [0.05, 0.1) is 0 Å². The first-order chi connectivity index (χ1) is 15.1. The van der Waals surface area contributed by atoms with Gasteiger partial charge in [0.1, 0.15) is 0 Å². The van der Waals surface area contributed by atoms with Crippen LogP contribution in [0.5, 0.6) is 0 Å². The quantitative estimate of drug-likeness (QED) is 0.125. The molecule has 0 bridgehead atoms. The summed E-state index contributed by atoms with van der Waals surface area (Å²) in [6.45, 7) is 5.38. The van der Waals surface area contributed by atoms with Gasteiger partial charge in [0.2, 0.25) is 0 Å². The molecule has 1 aromatic rings. The molecule has 0 aliphatic carbocycles. The van der Waals surface area contributed by atoms with Crippen molar-refractivity contribution in [2.75, 3.05) is 0 Å². The van der Waals surface area contributed by atoms with Gasteiger partial charge in [-0.2, -0.15) is 0 Å². The third kappa shape index (κ3) is 5.00. The molecule has 12 nitrogen and oxygen atoms in total. The van der Waals surface area contributed by atoms with Crippen molar-refractivity contribution >= 4 is 75.6 Å². The van der Waals surface area contributed by atoms with E-state index in [1.165, 1.54) is 27.7 Å². The zero-order valence-electron chi connectivity index (χ0n) is 18.6. The summed E-state index contributed by atoms with van der Waals surface area (Å²) in [6, 6.07) is 0. The molecular formula is C16H28I2O12P4. The van der Waals surface area contributed by atoms with Crippen LogP contribution in [0.25, 0.3) is 0 Å². The minimum Gasteiger partial charge on any atom is -0.323 e. The highest BCUT2D eigenvalue weighted by atomic mass is 127. The van der Waals surface area contributed by atoms with Crippen molar-refractivity contribution < 1.29 is 57.4 Å². The van der Waals surface area contributed by atoms with Crippen LogP contribution in [-0.2, 0) is 40.9 Å². The van der Waals surface area contributed by atoms with E-state index < -0.39 is 53.0 Å². The Kier molecular flexibility index (Phi) is 10.6. The van der Waals surface area contributed by atoms with Gasteiger partial charge < -0.3 is 39.1 Å². The Morgan fingerprint density at radius 2 is 0.765 bits per heavy atom. The lowest BCUT2D eigenvalue weighted by atomic mass is 9.90. The minimum atomic E-state index is -5.57. The van der Waals surface area contributed by atoms with Crippen LogP contribution in [-0.4, -0.2) is 39.1 Å². The van der Waals surface area contributed by atoms with Crippen LogP contribution in [0.15, 0.2) is 0 Å². The summed E-state index contributed by atoms with van der Waals surface area (Å²) in [5.41, 5.74) is -0.895. The van der Waals surface area contributed by atoms with Crippen LogP contribution in [0.4, 0.5) is 0 Å². The SMILES string of the molecule is CCc1c(I)c(C(CC)(P(=O)(O)O)P(=O)(O)O)c(CC)c(I)c1C(CC)(P(=O)(O)O)P(=O)(O)O. The van der Waals surface area contributed by atoms with E-state index in [0.29, 0.717) is 0 Å². The molecule has 0 atom stereocenters. The summed E-state index contributed by atoms with van der Waals surface area (Å²) in [7, 11) is -22.3. The standard InChI is InChI=1S/C16H28I2O12P4/c1-5-9-11(15(7-3,31(19,20)21)32(22,23)24)14(18)10(6-2)12(13(9)17)16(8-4,33(25,26)27)34(28,29)30/h5-8H2,1-4H3,(H2,19,20,21)(H2,22,23,24)(H2,25,26,27)(H2,28,29,30). The highest BCUT2D eigenvalue weighted by Gasteiger charge is 2.65. The third-order valence-corrected chi connectivity index (χ3v) is 17.5. The normalized spacial score (nSPS) is 14.5. The number of hydrogen-bond donors (Lipinski definition) is 8. The molecule has 1 rings (SSSR count). The Bertz CT molecular complexity index is 1010. The number of hydrogen-bond acceptors (Lipinski definition) is 4. The first-order valence-electron chi connectivity index (χ1n) is 9.85. The van der Waals surface area contributed by atoms with Gasteiger partial charge in [-0.15, -0.1) is 0 Å². The average Bonchev–Trinajstić information content (AvgIpc) is 2.62. The summed E-state index contributed by atoms with van der Waals surface area (Å²) in [5.74, 6) is 0. The summed E-state index contributed by atoms with van der Waals surface area (Å²) in [4.78, 5) is 75.8. The van der Waals surface area contributed by atoms with Crippen molar-refractivity contribution in [3.05, 3.63) is 29.4 Å². The zero-order chi connectivity index (χ0) is 27.3. The lowest BCUT2D eigenvalue weighted by Gasteiger charge is -2.41. The maximum Gasteiger partial charge on any atom is 0.348 e. The Morgan fingerprint density at radius 3 is 0.882 bits per heavy atom. The Morgan fingerprint density at radius 1 is 0.559 bits per heavy atom. The van der Waals surface area contributed by atoms with Gasteiger partial charge in [-0.1, -0.05) is 27.7 Å². The second kappa shape index (κ2) is 10.8. The van der Waals surface area contributed by atoms with Crippen LogP contribution >= 0.6 is 75.6 Å². The Hall–Kier alpha value is 1.28. The van der Waals surface area contributed by atoms with Crippen LogP contribution in [0.3, 0.4) is 0 Å². The predicted molar refractivity (Wildman–Crippen MR) is 143 cm³/mol. The fourth-order valence-corrected chi connectivity index (χ4v) is 14.6. The average molecular weight is 790 g/mol. The summed E-state index contributed by atoms with van der Waals surface area (Å²) < 4.78 is 50.4. The zero-order valence-corrected chi connectivity index (χ0v) is 26.5. The van der Waals surface area contributed by atoms with Crippen LogP contribution < -0.4 is 0 Å². The van der Waals surface area contributed by atoms with Gasteiger partial charge in [-0.25, -0.2) is 0 Å². The van der Waals surface area contributed by atoms with E-state index in [4.69, 9.17) is 0 Å². The van der Waals surface area contributed by atoms with Gasteiger partial charge in [0.25, 0.3) is 0 Å². The van der Waals surface area contributed by atoms with Crippen molar-refractivity contribution in [1.29, 1.82) is 0 Å². The number of rotatable bonds is 10. The molecule has 0 spiro atoms. The predicted octanol–water partition coefficient (Wildman–Crippen LogP) is 3.86. The molecule has 8 N–H and O–H groups in total. The largest absolute Gasteiger partial charge is 0.348 e. The maximum absolute atomic E-state index is 12.7. The molecule has 0 saturated carbocycles. The molecule has 0 aromatic heterocycles. The van der Waals surface area contributed by atoms with E-state index in [9.17, 15) is 57.4 Å². The lowest BCUT2D eigenvalue weighted by Crippen LogP contribution is -2.33. The fraction of sp³-hybridized carbons (Fsp3) is 0.625. The first kappa shape index (κ1) is 33.3. The third-order valence-electron chi connectivity index (χ3n) is 5.99. The maximum atomic E-state index is 12.7. The summed E-state index contributed by atoms with van der Waals surface area (Å²) in [5, 5.41) is 0. The van der Waals surface area contributed by atoms with Crippen molar-refractivity contribution in [1.82, 2.24) is 0 Å². The van der Waals surface area contributed by atoms with E-state index in [-0.39, 0.29) is 42.2 Å². The molecule has 34 heavy (non-hydrogen) atoms. The molecule has 0 unspecified atom stereocenters. The fourth-order valence-electron chi connectivity index (χ4n) is 4.38. The molecule has 0 radical (unpaired) electrons. The van der Waals surface area contributed by atoms with Gasteiger partial charge in [0.15, 0.2) is 9.79 Å². The van der Waals surface area contributed by atoms with Gasteiger partial charge >= 0.3 is 30.4 Å². The van der Waals surface area contributed by atoms with Gasteiger partial charge in [-0.05, 0) is 82.0 Å². The van der Waals surface area contributed by atoms with E-state index in [1.807, 2.05) is 0 Å². The van der Waals surface area contributed by atoms with E-state index in [1.54, 1.807) is 45.2 Å². The minimum absolute atomic E-state index is 0.0644.